The zero-order valence-electron chi connectivity index (χ0n) is 14.3. The summed E-state index contributed by atoms with van der Waals surface area (Å²) in [6.07, 6.45) is 0. The van der Waals surface area contributed by atoms with Crippen molar-refractivity contribution in [1.29, 1.82) is 0 Å². The quantitative estimate of drug-likeness (QED) is 0.873. The molecule has 1 amide bonds. The molecule has 2 aromatic carbocycles. The van der Waals surface area contributed by atoms with Gasteiger partial charge in [0, 0.05) is 17.8 Å². The Hall–Kier alpha value is -2.18. The van der Waals surface area contributed by atoms with Crippen LogP contribution in [0.25, 0.3) is 0 Å². The van der Waals surface area contributed by atoms with E-state index < -0.39 is 10.0 Å². The zero-order chi connectivity index (χ0) is 17.9. The number of amides is 1. The molecule has 0 heterocycles. The Bertz CT molecular complexity index is 854. The Kier molecular flexibility index (Phi) is 5.41. The Morgan fingerprint density at radius 1 is 1.00 bits per heavy atom. The average molecular weight is 346 g/mol. The van der Waals surface area contributed by atoms with Crippen LogP contribution in [0.1, 0.15) is 34.0 Å². The van der Waals surface area contributed by atoms with E-state index in [4.69, 9.17) is 0 Å². The second-order valence-corrected chi connectivity index (χ2v) is 7.58. The maximum absolute atomic E-state index is 12.6. The average Bonchev–Trinajstić information content (AvgIpc) is 2.46. The Balaban J connectivity index is 2.35. The van der Waals surface area contributed by atoms with Crippen LogP contribution in [0.4, 0.5) is 5.69 Å². The zero-order valence-corrected chi connectivity index (χ0v) is 15.1. The molecule has 0 bridgehead atoms. The number of nitrogens with one attached hydrogen (secondary N) is 2. The van der Waals surface area contributed by atoms with Crippen LogP contribution in [-0.4, -0.2) is 20.9 Å². The molecule has 128 valence electrons. The molecule has 2 aromatic rings. The van der Waals surface area contributed by atoms with Gasteiger partial charge in [0.2, 0.25) is 10.0 Å². The van der Waals surface area contributed by atoms with Crippen LogP contribution < -0.4 is 10.0 Å². The standard InChI is InChI=1S/C18H22N2O3S/c1-5-19-24(22,23)16-7-6-14(4)17(11-16)18(21)20-15-9-12(2)8-13(3)10-15/h6-11,19H,5H2,1-4H3,(H,20,21). The minimum absolute atomic E-state index is 0.0838. The fourth-order valence-corrected chi connectivity index (χ4v) is 3.60. The predicted octanol–water partition coefficient (Wildman–Crippen LogP) is 3.16. The van der Waals surface area contributed by atoms with Crippen LogP contribution in [0.5, 0.6) is 0 Å². The van der Waals surface area contributed by atoms with Gasteiger partial charge in [0.05, 0.1) is 4.90 Å². The van der Waals surface area contributed by atoms with E-state index in [0.717, 1.165) is 11.1 Å². The lowest BCUT2D eigenvalue weighted by Crippen LogP contribution is -2.24. The number of carbonyl (C=O) groups excluding carboxylic acids is 1. The maximum atomic E-state index is 12.6. The first-order chi connectivity index (χ1) is 11.2. The van der Waals surface area contributed by atoms with E-state index in [2.05, 4.69) is 10.0 Å². The summed E-state index contributed by atoms with van der Waals surface area (Å²) in [6.45, 7) is 7.69. The number of aryl methyl sites for hydroxylation is 3. The van der Waals surface area contributed by atoms with Crippen LogP contribution in [0, 0.1) is 20.8 Å². The first-order valence-corrected chi connectivity index (χ1v) is 9.21. The van der Waals surface area contributed by atoms with Gasteiger partial charge >= 0.3 is 0 Å². The summed E-state index contributed by atoms with van der Waals surface area (Å²) in [7, 11) is -3.60. The smallest absolute Gasteiger partial charge is 0.255 e. The number of sulfonamides is 1. The van der Waals surface area contributed by atoms with Gasteiger partial charge in [0.15, 0.2) is 0 Å². The lowest BCUT2D eigenvalue weighted by molar-refractivity contribution is 0.102. The van der Waals surface area contributed by atoms with Crippen molar-refractivity contribution in [2.24, 2.45) is 0 Å². The second kappa shape index (κ2) is 7.15. The van der Waals surface area contributed by atoms with Crippen molar-refractivity contribution in [3.8, 4) is 0 Å². The minimum atomic E-state index is -3.60. The van der Waals surface area contributed by atoms with E-state index in [1.54, 1.807) is 19.9 Å². The fraction of sp³-hybridized carbons (Fsp3) is 0.278. The molecule has 5 nitrogen and oxygen atoms in total. The Morgan fingerprint density at radius 3 is 2.21 bits per heavy atom. The molecule has 6 heteroatoms. The molecule has 0 spiro atoms. The minimum Gasteiger partial charge on any atom is -0.322 e. The summed E-state index contributed by atoms with van der Waals surface area (Å²) in [5, 5.41) is 2.84. The first kappa shape index (κ1) is 18.2. The molecule has 24 heavy (non-hydrogen) atoms. The monoisotopic (exact) mass is 346 g/mol. The molecule has 0 saturated heterocycles. The molecule has 0 aromatic heterocycles. The topological polar surface area (TPSA) is 75.3 Å². The van der Waals surface area contributed by atoms with E-state index in [0.29, 0.717) is 23.4 Å². The van der Waals surface area contributed by atoms with Gasteiger partial charge in [0.25, 0.3) is 5.91 Å². The number of hydrogen-bond acceptors (Lipinski definition) is 3. The third-order valence-electron chi connectivity index (χ3n) is 3.58. The van der Waals surface area contributed by atoms with Gasteiger partial charge in [-0.1, -0.05) is 19.1 Å². The van der Waals surface area contributed by atoms with E-state index in [1.807, 2.05) is 32.0 Å². The van der Waals surface area contributed by atoms with Crippen molar-refractivity contribution in [2.75, 3.05) is 11.9 Å². The van der Waals surface area contributed by atoms with Crippen LogP contribution in [0.15, 0.2) is 41.3 Å². The van der Waals surface area contributed by atoms with Gasteiger partial charge < -0.3 is 5.32 Å². The summed E-state index contributed by atoms with van der Waals surface area (Å²) >= 11 is 0. The molecule has 0 aliphatic rings. The van der Waals surface area contributed by atoms with Crippen molar-refractivity contribution in [2.45, 2.75) is 32.6 Å². The van der Waals surface area contributed by atoms with Gasteiger partial charge in [-0.05, 0) is 61.7 Å². The number of rotatable bonds is 5. The highest BCUT2D eigenvalue weighted by atomic mass is 32.2. The molecule has 0 radical (unpaired) electrons. The summed E-state index contributed by atoms with van der Waals surface area (Å²) in [5.41, 5.74) is 3.84. The normalized spacial score (nSPS) is 11.3. The van der Waals surface area contributed by atoms with Gasteiger partial charge in [-0.15, -0.1) is 0 Å². The lowest BCUT2D eigenvalue weighted by Gasteiger charge is -2.11. The second-order valence-electron chi connectivity index (χ2n) is 5.81. The number of anilines is 1. The van der Waals surface area contributed by atoms with Gasteiger partial charge in [-0.2, -0.15) is 0 Å². The van der Waals surface area contributed by atoms with Crippen molar-refractivity contribution < 1.29 is 13.2 Å². The molecule has 0 saturated carbocycles. The summed E-state index contributed by atoms with van der Waals surface area (Å²) < 4.78 is 26.7. The first-order valence-electron chi connectivity index (χ1n) is 7.73. The van der Waals surface area contributed by atoms with Gasteiger partial charge in [-0.25, -0.2) is 13.1 Å². The van der Waals surface area contributed by atoms with Gasteiger partial charge in [-0.3, -0.25) is 4.79 Å². The molecule has 0 unspecified atom stereocenters. The molecular formula is C18H22N2O3S. The van der Waals surface area contributed by atoms with Crippen LogP contribution >= 0.6 is 0 Å². The van der Waals surface area contributed by atoms with E-state index >= 15 is 0 Å². The van der Waals surface area contributed by atoms with Crippen LogP contribution in [-0.2, 0) is 10.0 Å². The highest BCUT2D eigenvalue weighted by molar-refractivity contribution is 7.89. The largest absolute Gasteiger partial charge is 0.322 e. The number of benzene rings is 2. The van der Waals surface area contributed by atoms with Crippen LogP contribution in [0.2, 0.25) is 0 Å². The highest BCUT2D eigenvalue weighted by Gasteiger charge is 2.17. The third kappa shape index (κ3) is 4.21. The fourth-order valence-electron chi connectivity index (χ4n) is 2.53. The lowest BCUT2D eigenvalue weighted by atomic mass is 10.1. The van der Waals surface area contributed by atoms with Gasteiger partial charge in [0.1, 0.15) is 0 Å². The van der Waals surface area contributed by atoms with E-state index in [9.17, 15) is 13.2 Å². The third-order valence-corrected chi connectivity index (χ3v) is 5.12. The molecular weight excluding hydrogens is 324 g/mol. The number of carbonyl (C=O) groups is 1. The molecule has 0 aliphatic heterocycles. The van der Waals surface area contributed by atoms with Crippen molar-refractivity contribution >= 4 is 21.6 Å². The van der Waals surface area contributed by atoms with E-state index in [-0.39, 0.29) is 10.8 Å². The molecule has 0 atom stereocenters. The highest BCUT2D eigenvalue weighted by Crippen LogP contribution is 2.19. The Morgan fingerprint density at radius 2 is 1.62 bits per heavy atom. The van der Waals surface area contributed by atoms with Crippen molar-refractivity contribution in [1.82, 2.24) is 4.72 Å². The maximum Gasteiger partial charge on any atom is 0.255 e. The molecule has 0 aliphatic carbocycles. The summed E-state index contributed by atoms with van der Waals surface area (Å²) in [6, 6.07) is 10.3. The molecule has 2 rings (SSSR count). The van der Waals surface area contributed by atoms with E-state index in [1.165, 1.54) is 12.1 Å². The molecule has 2 N–H and O–H groups in total. The van der Waals surface area contributed by atoms with Crippen molar-refractivity contribution in [3.63, 3.8) is 0 Å². The van der Waals surface area contributed by atoms with Crippen molar-refractivity contribution in [3.05, 3.63) is 58.7 Å². The molecule has 0 fully saturated rings. The summed E-state index contributed by atoms with van der Waals surface area (Å²) in [4.78, 5) is 12.7. The SMILES string of the molecule is CCNS(=O)(=O)c1ccc(C)c(C(=O)Nc2cc(C)cc(C)c2)c1. The van der Waals surface area contributed by atoms with Crippen LogP contribution in [0.3, 0.4) is 0 Å². The Labute approximate surface area is 143 Å². The number of hydrogen-bond donors (Lipinski definition) is 2. The summed E-state index contributed by atoms with van der Waals surface area (Å²) in [5.74, 6) is -0.328. The predicted molar refractivity (Wildman–Crippen MR) is 95.9 cm³/mol.